The van der Waals surface area contributed by atoms with Crippen LogP contribution in [0.4, 0.5) is 10.1 Å². The molecule has 0 unspecified atom stereocenters. The Morgan fingerprint density at radius 3 is 2.48 bits per heavy atom. The summed E-state index contributed by atoms with van der Waals surface area (Å²) in [6.45, 7) is 4.32. The number of halogens is 1. The van der Waals surface area contributed by atoms with Crippen molar-refractivity contribution in [2.75, 3.05) is 5.32 Å². The van der Waals surface area contributed by atoms with Crippen LogP contribution in [-0.4, -0.2) is 5.91 Å². The Bertz CT molecular complexity index is 987. The highest BCUT2D eigenvalue weighted by molar-refractivity contribution is 6.35. The highest BCUT2D eigenvalue weighted by Crippen LogP contribution is 2.40. The quantitative estimate of drug-likeness (QED) is 0.613. The van der Waals surface area contributed by atoms with Crippen molar-refractivity contribution >= 4 is 23.2 Å². The molecule has 2 nitrogen and oxygen atoms in total. The summed E-state index contributed by atoms with van der Waals surface area (Å²) in [6.07, 6.45) is 1.87. The van der Waals surface area contributed by atoms with Crippen molar-refractivity contribution in [3.8, 4) is 11.1 Å². The zero-order valence-corrected chi connectivity index (χ0v) is 14.1. The first-order valence-corrected chi connectivity index (χ1v) is 8.39. The Morgan fingerprint density at radius 1 is 0.960 bits per heavy atom. The molecule has 1 aromatic carbocycles. The molecule has 3 heteroatoms. The molecule has 1 N–H and O–H groups in total. The van der Waals surface area contributed by atoms with Gasteiger partial charge in [-0.15, -0.1) is 0 Å². The van der Waals surface area contributed by atoms with Gasteiger partial charge >= 0.3 is 0 Å². The van der Waals surface area contributed by atoms with Crippen molar-refractivity contribution in [1.82, 2.24) is 0 Å². The van der Waals surface area contributed by atoms with Gasteiger partial charge in [0.25, 0.3) is 5.91 Å². The van der Waals surface area contributed by atoms with Crippen molar-refractivity contribution < 1.29 is 9.18 Å². The van der Waals surface area contributed by atoms with E-state index in [1.807, 2.05) is 24.3 Å². The van der Waals surface area contributed by atoms with E-state index in [1.165, 1.54) is 23.3 Å². The lowest BCUT2D eigenvalue weighted by Gasteiger charge is -2.04. The smallest absolute Gasteiger partial charge is 0.256 e. The fraction of sp³-hybridized carbons (Fsp3) is 0.136. The largest absolute Gasteiger partial charge is 0.321 e. The van der Waals surface area contributed by atoms with Gasteiger partial charge in [0.05, 0.1) is 0 Å². The summed E-state index contributed by atoms with van der Waals surface area (Å²) in [7, 11) is 0. The summed E-state index contributed by atoms with van der Waals surface area (Å²) in [5.41, 5.74) is 6.29. The number of amides is 1. The van der Waals surface area contributed by atoms with E-state index in [1.54, 1.807) is 6.07 Å². The van der Waals surface area contributed by atoms with Gasteiger partial charge in [-0.1, -0.05) is 50.2 Å². The maximum absolute atomic E-state index is 13.6. The Kier molecular flexibility index (Phi) is 3.65. The Labute approximate surface area is 146 Å². The number of fused-ring (bicyclic) bond motifs is 2. The van der Waals surface area contributed by atoms with Crippen LogP contribution in [0.2, 0.25) is 0 Å². The molecule has 25 heavy (non-hydrogen) atoms. The summed E-state index contributed by atoms with van der Waals surface area (Å²) >= 11 is 0. The number of carbonyl (C=O) groups is 1. The van der Waals surface area contributed by atoms with Crippen LogP contribution in [0.25, 0.3) is 22.8 Å². The lowest BCUT2D eigenvalue weighted by atomic mass is 10.00. The summed E-state index contributed by atoms with van der Waals surface area (Å²) in [5.74, 6) is -0.164. The molecule has 1 aromatic rings. The number of hydrogen-bond acceptors (Lipinski definition) is 1. The number of hydrogen-bond donors (Lipinski definition) is 1. The van der Waals surface area contributed by atoms with Gasteiger partial charge in [0, 0.05) is 16.8 Å². The Hall–Kier alpha value is -2.94. The number of rotatable bonds is 2. The predicted octanol–water partition coefficient (Wildman–Crippen LogP) is 5.55. The van der Waals surface area contributed by atoms with Crippen molar-refractivity contribution in [1.29, 1.82) is 0 Å². The molecule has 0 atom stereocenters. The van der Waals surface area contributed by atoms with E-state index in [0.29, 0.717) is 22.7 Å². The molecule has 0 bridgehead atoms. The molecule has 0 fully saturated rings. The third kappa shape index (κ3) is 2.62. The normalized spacial score (nSPS) is 15.0. The molecule has 4 rings (SSSR count). The van der Waals surface area contributed by atoms with Crippen molar-refractivity contribution in [2.24, 2.45) is 0 Å². The van der Waals surface area contributed by atoms with Gasteiger partial charge in [-0.3, -0.25) is 4.79 Å². The van der Waals surface area contributed by atoms with Crippen LogP contribution in [0.1, 0.15) is 36.5 Å². The minimum atomic E-state index is -0.345. The van der Waals surface area contributed by atoms with Gasteiger partial charge in [0.2, 0.25) is 0 Å². The maximum atomic E-state index is 13.6. The van der Waals surface area contributed by atoms with E-state index in [4.69, 9.17) is 0 Å². The van der Waals surface area contributed by atoms with E-state index in [0.717, 1.165) is 11.1 Å². The van der Waals surface area contributed by atoms with Crippen molar-refractivity contribution in [3.05, 3.63) is 77.1 Å². The lowest BCUT2D eigenvalue weighted by Crippen LogP contribution is -2.03. The van der Waals surface area contributed by atoms with Crippen LogP contribution in [0, 0.1) is 5.82 Å². The Morgan fingerprint density at radius 2 is 1.72 bits per heavy atom. The van der Waals surface area contributed by atoms with E-state index in [2.05, 4.69) is 37.4 Å². The zero-order valence-electron chi connectivity index (χ0n) is 14.1. The first-order chi connectivity index (χ1) is 12.0. The van der Waals surface area contributed by atoms with Gasteiger partial charge in [-0.2, -0.15) is 0 Å². The first-order valence-electron chi connectivity index (χ1n) is 8.39. The van der Waals surface area contributed by atoms with Crippen LogP contribution in [0.3, 0.4) is 0 Å². The fourth-order valence-electron chi connectivity index (χ4n) is 3.43. The molecule has 1 heterocycles. The molecule has 0 radical (unpaired) electrons. The second-order valence-electron chi connectivity index (χ2n) is 6.65. The van der Waals surface area contributed by atoms with E-state index < -0.39 is 0 Å². The number of carbonyl (C=O) groups excluding carboxylic acids is 1. The molecular formula is C22H18FNO. The number of nitrogens with one attached hydrogen (secondary N) is 1. The monoisotopic (exact) mass is 331 g/mol. The molecule has 1 aliphatic heterocycles. The SMILES string of the molecule is CC(C)c1cc(/C=C2\C(=O)Nc3ccc(F)cc32)c2cccccc1-2. The molecular weight excluding hydrogens is 313 g/mol. The fourth-order valence-corrected chi connectivity index (χ4v) is 3.43. The molecule has 0 saturated carbocycles. The highest BCUT2D eigenvalue weighted by Gasteiger charge is 2.25. The highest BCUT2D eigenvalue weighted by atomic mass is 19.1. The predicted molar refractivity (Wildman–Crippen MR) is 100 cm³/mol. The maximum Gasteiger partial charge on any atom is 0.256 e. The summed E-state index contributed by atoms with van der Waals surface area (Å²) in [6, 6.07) is 16.7. The van der Waals surface area contributed by atoms with Gasteiger partial charge in [-0.25, -0.2) is 4.39 Å². The van der Waals surface area contributed by atoms with Crippen LogP contribution in [-0.2, 0) is 4.79 Å². The van der Waals surface area contributed by atoms with Crippen molar-refractivity contribution in [2.45, 2.75) is 19.8 Å². The third-order valence-electron chi connectivity index (χ3n) is 4.66. The topological polar surface area (TPSA) is 29.1 Å². The van der Waals surface area contributed by atoms with Gasteiger partial charge in [0.1, 0.15) is 5.82 Å². The van der Waals surface area contributed by atoms with Crippen LogP contribution >= 0.6 is 0 Å². The second-order valence-corrected chi connectivity index (χ2v) is 6.65. The van der Waals surface area contributed by atoms with E-state index in [9.17, 15) is 9.18 Å². The number of anilines is 1. The number of benzene rings is 1. The summed E-state index contributed by atoms with van der Waals surface area (Å²) in [4.78, 5) is 12.4. The zero-order chi connectivity index (χ0) is 17.6. The average molecular weight is 331 g/mol. The molecule has 0 spiro atoms. The van der Waals surface area contributed by atoms with Gasteiger partial charge < -0.3 is 5.32 Å². The van der Waals surface area contributed by atoms with Gasteiger partial charge in [0.15, 0.2) is 0 Å². The standard InChI is InChI=1S/C22H18FNO/c1-13(2)18-10-14(16-6-4-3-5-7-17(16)18)11-20-19-12-15(23)8-9-21(19)24-22(20)25/h3-13H,1-2H3,(H,24,25)/b20-11-. The average Bonchev–Trinajstić information content (AvgIpc) is 2.94. The van der Waals surface area contributed by atoms with Crippen molar-refractivity contribution in [3.63, 3.8) is 0 Å². The second kappa shape index (κ2) is 5.85. The molecule has 0 saturated heterocycles. The lowest BCUT2D eigenvalue weighted by molar-refractivity contribution is -0.110. The van der Waals surface area contributed by atoms with Crippen LogP contribution in [0.15, 0.2) is 54.6 Å². The van der Waals surface area contributed by atoms with Crippen LogP contribution in [0.5, 0.6) is 0 Å². The van der Waals surface area contributed by atoms with E-state index >= 15 is 0 Å². The van der Waals surface area contributed by atoms with Crippen LogP contribution < -0.4 is 5.32 Å². The molecule has 1 amide bonds. The minimum Gasteiger partial charge on any atom is -0.321 e. The summed E-state index contributed by atoms with van der Waals surface area (Å²) < 4.78 is 13.6. The molecule has 124 valence electrons. The molecule has 2 aliphatic carbocycles. The molecule has 0 aromatic heterocycles. The Balaban J connectivity index is 1.92. The molecule has 3 aliphatic rings. The first kappa shape index (κ1) is 15.6. The van der Waals surface area contributed by atoms with E-state index in [-0.39, 0.29) is 11.7 Å². The van der Waals surface area contributed by atoms with Gasteiger partial charge in [-0.05, 0) is 52.4 Å². The summed E-state index contributed by atoms with van der Waals surface area (Å²) in [5, 5.41) is 2.80. The third-order valence-corrected chi connectivity index (χ3v) is 4.66. The minimum absolute atomic E-state index is 0.193.